The van der Waals surface area contributed by atoms with Crippen LogP contribution in [-0.2, 0) is 10.0 Å². The molecule has 0 aromatic heterocycles. The lowest BCUT2D eigenvalue weighted by molar-refractivity contribution is 0.395. The molecule has 118 valence electrons. The van der Waals surface area contributed by atoms with Crippen LogP contribution < -0.4 is 14.2 Å². The Kier molecular flexibility index (Phi) is 4.51. The fraction of sp³-hybridized carbons (Fsp3) is 0.143. The third-order valence-corrected chi connectivity index (χ3v) is 4.11. The number of rotatable bonds is 5. The average Bonchev–Trinajstić information content (AvgIpc) is 2.45. The van der Waals surface area contributed by atoms with Crippen LogP contribution in [0.3, 0.4) is 0 Å². The Morgan fingerprint density at radius 2 is 1.36 bits per heavy atom. The minimum Gasteiger partial charge on any atom is -0.497 e. The first-order valence-electron chi connectivity index (χ1n) is 6.06. The minimum absolute atomic E-state index is 0.140. The van der Waals surface area contributed by atoms with Crippen LogP contribution in [0.25, 0.3) is 0 Å². The maximum atomic E-state index is 13.2. The average molecular weight is 329 g/mol. The second-order valence-corrected chi connectivity index (χ2v) is 5.99. The summed E-state index contributed by atoms with van der Waals surface area (Å²) in [5.74, 6) is -1.24. The Labute approximate surface area is 126 Å². The van der Waals surface area contributed by atoms with Crippen LogP contribution in [0.5, 0.6) is 11.5 Å². The molecule has 0 heterocycles. The second kappa shape index (κ2) is 6.18. The molecule has 0 atom stereocenters. The molecule has 0 spiro atoms. The van der Waals surface area contributed by atoms with Crippen LogP contribution in [-0.4, -0.2) is 22.6 Å². The van der Waals surface area contributed by atoms with E-state index in [-0.39, 0.29) is 5.69 Å². The van der Waals surface area contributed by atoms with Crippen molar-refractivity contribution in [3.05, 3.63) is 48.0 Å². The van der Waals surface area contributed by atoms with Crippen molar-refractivity contribution < 1.29 is 26.7 Å². The van der Waals surface area contributed by atoms with E-state index in [9.17, 15) is 17.2 Å². The van der Waals surface area contributed by atoms with Gasteiger partial charge in [0, 0.05) is 24.3 Å². The molecule has 1 N–H and O–H groups in total. The number of methoxy groups -OCH3 is 2. The van der Waals surface area contributed by atoms with Gasteiger partial charge in [-0.05, 0) is 12.1 Å². The molecule has 0 unspecified atom stereocenters. The van der Waals surface area contributed by atoms with E-state index in [2.05, 4.69) is 4.72 Å². The van der Waals surface area contributed by atoms with Gasteiger partial charge in [0.2, 0.25) is 0 Å². The minimum atomic E-state index is -4.15. The van der Waals surface area contributed by atoms with Crippen molar-refractivity contribution in [2.75, 3.05) is 18.9 Å². The van der Waals surface area contributed by atoms with Gasteiger partial charge in [-0.1, -0.05) is 0 Å². The molecule has 2 aromatic rings. The first kappa shape index (κ1) is 16.0. The van der Waals surface area contributed by atoms with Crippen molar-refractivity contribution in [3.63, 3.8) is 0 Å². The fourth-order valence-electron chi connectivity index (χ4n) is 1.76. The van der Waals surface area contributed by atoms with Crippen molar-refractivity contribution in [2.24, 2.45) is 0 Å². The van der Waals surface area contributed by atoms with Gasteiger partial charge in [-0.15, -0.1) is 0 Å². The van der Waals surface area contributed by atoms with Crippen LogP contribution in [0.1, 0.15) is 0 Å². The SMILES string of the molecule is COc1cc(NS(=O)(=O)c2cc(F)cc(F)c2)cc(OC)c1. The Morgan fingerprint density at radius 1 is 0.864 bits per heavy atom. The molecule has 0 aliphatic rings. The lowest BCUT2D eigenvalue weighted by Crippen LogP contribution is -2.13. The molecule has 0 radical (unpaired) electrons. The molecule has 22 heavy (non-hydrogen) atoms. The predicted molar refractivity (Wildman–Crippen MR) is 76.7 cm³/mol. The van der Waals surface area contributed by atoms with Gasteiger partial charge in [0.1, 0.15) is 23.1 Å². The Bertz CT molecular complexity index is 751. The lowest BCUT2D eigenvalue weighted by Gasteiger charge is -2.11. The number of sulfonamides is 1. The second-order valence-electron chi connectivity index (χ2n) is 4.31. The third-order valence-electron chi connectivity index (χ3n) is 2.75. The normalized spacial score (nSPS) is 11.1. The highest BCUT2D eigenvalue weighted by molar-refractivity contribution is 7.92. The molecule has 0 saturated heterocycles. The maximum Gasteiger partial charge on any atom is 0.262 e. The highest BCUT2D eigenvalue weighted by Gasteiger charge is 2.17. The number of ether oxygens (including phenoxy) is 2. The smallest absolute Gasteiger partial charge is 0.262 e. The number of benzene rings is 2. The van der Waals surface area contributed by atoms with E-state index in [1.165, 1.54) is 26.4 Å². The zero-order valence-electron chi connectivity index (χ0n) is 11.8. The molecule has 0 bridgehead atoms. The molecule has 0 amide bonds. The van der Waals surface area contributed by atoms with Gasteiger partial charge < -0.3 is 9.47 Å². The summed E-state index contributed by atoms with van der Waals surface area (Å²) < 4.78 is 62.9. The molecular weight excluding hydrogens is 316 g/mol. The molecule has 2 aromatic carbocycles. The number of halogens is 2. The Balaban J connectivity index is 2.40. The topological polar surface area (TPSA) is 64.6 Å². The van der Waals surface area contributed by atoms with Gasteiger partial charge in [0.15, 0.2) is 0 Å². The van der Waals surface area contributed by atoms with E-state index >= 15 is 0 Å². The van der Waals surface area contributed by atoms with Crippen molar-refractivity contribution in [1.29, 1.82) is 0 Å². The van der Waals surface area contributed by atoms with Crippen molar-refractivity contribution in [2.45, 2.75) is 4.90 Å². The monoisotopic (exact) mass is 329 g/mol. The summed E-state index contributed by atoms with van der Waals surface area (Å²) in [5, 5.41) is 0. The van der Waals surface area contributed by atoms with Crippen LogP contribution in [0.15, 0.2) is 41.3 Å². The summed E-state index contributed by atoms with van der Waals surface area (Å²) in [5.41, 5.74) is 0.140. The standard InChI is InChI=1S/C14H13F2NO4S/c1-20-12-6-11(7-13(8-12)21-2)17-22(18,19)14-4-9(15)3-10(16)5-14/h3-8,17H,1-2H3. The first-order chi connectivity index (χ1) is 10.3. The molecule has 0 saturated carbocycles. The van der Waals surface area contributed by atoms with E-state index in [1.807, 2.05) is 0 Å². The molecule has 0 aliphatic heterocycles. The summed E-state index contributed by atoms with van der Waals surface area (Å²) in [6.45, 7) is 0. The highest BCUT2D eigenvalue weighted by atomic mass is 32.2. The zero-order valence-corrected chi connectivity index (χ0v) is 12.6. The Morgan fingerprint density at radius 3 is 1.82 bits per heavy atom. The van der Waals surface area contributed by atoms with Gasteiger partial charge in [0.05, 0.1) is 24.8 Å². The number of hydrogen-bond donors (Lipinski definition) is 1. The number of hydrogen-bond acceptors (Lipinski definition) is 4. The van der Waals surface area contributed by atoms with E-state index < -0.39 is 26.6 Å². The van der Waals surface area contributed by atoms with E-state index in [4.69, 9.17) is 9.47 Å². The van der Waals surface area contributed by atoms with Gasteiger partial charge in [-0.25, -0.2) is 17.2 Å². The quantitative estimate of drug-likeness (QED) is 0.916. The number of nitrogens with one attached hydrogen (secondary N) is 1. The van der Waals surface area contributed by atoms with E-state index in [1.54, 1.807) is 6.07 Å². The van der Waals surface area contributed by atoms with Crippen LogP contribution in [0, 0.1) is 11.6 Å². The van der Waals surface area contributed by atoms with Gasteiger partial charge in [-0.2, -0.15) is 0 Å². The summed E-state index contributed by atoms with van der Waals surface area (Å²) in [6.07, 6.45) is 0. The van der Waals surface area contributed by atoms with Gasteiger partial charge >= 0.3 is 0 Å². The molecule has 2 rings (SSSR count). The van der Waals surface area contributed by atoms with Crippen molar-refractivity contribution >= 4 is 15.7 Å². The maximum absolute atomic E-state index is 13.2. The number of anilines is 1. The van der Waals surface area contributed by atoms with Crippen molar-refractivity contribution in [1.82, 2.24) is 0 Å². The zero-order chi connectivity index (χ0) is 16.3. The predicted octanol–water partition coefficient (Wildman–Crippen LogP) is 2.78. The lowest BCUT2D eigenvalue weighted by atomic mass is 10.3. The summed E-state index contributed by atoms with van der Waals surface area (Å²) >= 11 is 0. The Hall–Kier alpha value is -2.35. The van der Waals surface area contributed by atoms with Gasteiger partial charge in [-0.3, -0.25) is 4.72 Å². The van der Waals surface area contributed by atoms with E-state index in [0.717, 1.165) is 12.1 Å². The van der Waals surface area contributed by atoms with Crippen LogP contribution in [0.4, 0.5) is 14.5 Å². The van der Waals surface area contributed by atoms with E-state index in [0.29, 0.717) is 17.6 Å². The van der Waals surface area contributed by atoms with Gasteiger partial charge in [0.25, 0.3) is 10.0 Å². The molecule has 0 fully saturated rings. The molecule has 5 nitrogen and oxygen atoms in total. The third kappa shape index (κ3) is 3.64. The first-order valence-corrected chi connectivity index (χ1v) is 7.54. The molecular formula is C14H13F2NO4S. The highest BCUT2D eigenvalue weighted by Crippen LogP contribution is 2.27. The molecule has 0 aliphatic carbocycles. The van der Waals surface area contributed by atoms with Crippen LogP contribution in [0.2, 0.25) is 0 Å². The summed E-state index contributed by atoms with van der Waals surface area (Å²) in [6, 6.07) is 6.42. The van der Waals surface area contributed by atoms with Crippen LogP contribution >= 0.6 is 0 Å². The molecule has 8 heteroatoms. The fourth-order valence-corrected chi connectivity index (χ4v) is 2.85. The van der Waals surface area contributed by atoms with Crippen molar-refractivity contribution in [3.8, 4) is 11.5 Å². The largest absolute Gasteiger partial charge is 0.497 e. The summed E-state index contributed by atoms with van der Waals surface area (Å²) in [7, 11) is -1.33. The summed E-state index contributed by atoms with van der Waals surface area (Å²) in [4.78, 5) is -0.521.